The molecule has 0 spiro atoms. The van der Waals surface area contributed by atoms with E-state index in [4.69, 9.17) is 0 Å². The van der Waals surface area contributed by atoms with Gasteiger partial charge in [-0.05, 0) is 57.3 Å². The highest BCUT2D eigenvalue weighted by atomic mass is 32.2. The fourth-order valence-corrected chi connectivity index (χ4v) is 5.52. The monoisotopic (exact) mass is 365 g/mol. The van der Waals surface area contributed by atoms with Crippen LogP contribution in [-0.4, -0.2) is 61.4 Å². The van der Waals surface area contributed by atoms with Gasteiger partial charge in [0.05, 0.1) is 11.5 Å². The Labute approximate surface area is 149 Å². The fourth-order valence-electron chi connectivity index (χ4n) is 3.76. The summed E-state index contributed by atoms with van der Waals surface area (Å²) in [5.41, 5.74) is 1.05. The molecule has 2 saturated heterocycles. The van der Waals surface area contributed by atoms with Crippen molar-refractivity contribution in [3.63, 3.8) is 0 Å². The van der Waals surface area contributed by atoms with E-state index in [1.165, 1.54) is 0 Å². The number of nitrogens with zero attached hydrogens (tertiary/aromatic N) is 2. The first-order valence-electron chi connectivity index (χ1n) is 9.15. The van der Waals surface area contributed by atoms with Gasteiger partial charge in [-0.1, -0.05) is 6.07 Å². The lowest BCUT2D eigenvalue weighted by atomic mass is 9.94. The van der Waals surface area contributed by atoms with Crippen LogP contribution in [0.25, 0.3) is 0 Å². The van der Waals surface area contributed by atoms with Gasteiger partial charge in [0.15, 0.2) is 9.84 Å². The Morgan fingerprint density at radius 2 is 2.04 bits per heavy atom. The van der Waals surface area contributed by atoms with Crippen molar-refractivity contribution in [2.75, 3.05) is 31.1 Å². The van der Waals surface area contributed by atoms with E-state index in [9.17, 15) is 13.2 Å². The summed E-state index contributed by atoms with van der Waals surface area (Å²) in [6.45, 7) is 2.33. The molecule has 7 heteroatoms. The number of piperidine rings is 1. The molecule has 1 atom stereocenters. The number of rotatable bonds is 6. The summed E-state index contributed by atoms with van der Waals surface area (Å²) >= 11 is 0. The van der Waals surface area contributed by atoms with E-state index < -0.39 is 9.84 Å². The first-order chi connectivity index (χ1) is 12.0. The third-order valence-electron chi connectivity index (χ3n) is 5.26. The average Bonchev–Trinajstić information content (AvgIpc) is 2.99. The first-order valence-corrected chi connectivity index (χ1v) is 11.0. The second-order valence-corrected chi connectivity index (χ2v) is 9.31. The number of aromatic nitrogens is 1. The second-order valence-electron chi connectivity index (χ2n) is 7.08. The van der Waals surface area contributed by atoms with Crippen molar-refractivity contribution in [1.82, 2.24) is 15.2 Å². The van der Waals surface area contributed by atoms with Crippen LogP contribution in [0, 0.1) is 5.92 Å². The number of amides is 1. The Bertz CT molecular complexity index is 670. The first kappa shape index (κ1) is 18.3. The molecular weight excluding hydrogens is 338 g/mol. The van der Waals surface area contributed by atoms with Crippen molar-refractivity contribution in [1.29, 1.82) is 0 Å². The average molecular weight is 365 g/mol. The van der Waals surface area contributed by atoms with Crippen molar-refractivity contribution in [3.8, 4) is 0 Å². The minimum absolute atomic E-state index is 0.0594. The summed E-state index contributed by atoms with van der Waals surface area (Å²) in [6.07, 6.45) is 5.94. The van der Waals surface area contributed by atoms with Crippen molar-refractivity contribution < 1.29 is 13.2 Å². The quantitative estimate of drug-likeness (QED) is 0.762. The number of aryl methyl sites for hydroxylation is 1. The molecule has 1 amide bonds. The van der Waals surface area contributed by atoms with Crippen LogP contribution in [0.4, 0.5) is 0 Å². The number of pyridine rings is 1. The molecule has 25 heavy (non-hydrogen) atoms. The molecule has 0 aliphatic carbocycles. The summed E-state index contributed by atoms with van der Waals surface area (Å²) in [6, 6.07) is 6.04. The highest BCUT2D eigenvalue weighted by Gasteiger charge is 2.35. The second kappa shape index (κ2) is 8.27. The van der Waals surface area contributed by atoms with Crippen LogP contribution in [-0.2, 0) is 21.1 Å². The van der Waals surface area contributed by atoms with Gasteiger partial charge in [-0.25, -0.2) is 8.42 Å². The molecule has 0 bridgehead atoms. The standard InChI is InChI=1S/C18H27N3O3S/c22-18(20-10-3-5-16-4-1-2-9-19-16)15-6-11-21(12-7-15)17-8-13-25(23,24)14-17/h1-2,4,9,15,17H,3,5-8,10-14H2,(H,20,22)/t17-/m1/s1. The normalized spacial score (nSPS) is 24.2. The van der Waals surface area contributed by atoms with E-state index in [0.717, 1.165) is 50.9 Å². The summed E-state index contributed by atoms with van der Waals surface area (Å²) in [5.74, 6) is 0.801. The van der Waals surface area contributed by atoms with E-state index in [1.807, 2.05) is 18.2 Å². The molecule has 3 heterocycles. The van der Waals surface area contributed by atoms with Crippen LogP contribution in [0.1, 0.15) is 31.4 Å². The van der Waals surface area contributed by atoms with Crippen LogP contribution in [0.3, 0.4) is 0 Å². The SMILES string of the molecule is O=C(NCCCc1ccccn1)C1CCN([C@@H]2CCS(=O)(=O)C2)CC1. The maximum absolute atomic E-state index is 12.3. The minimum atomic E-state index is -2.84. The van der Waals surface area contributed by atoms with Crippen LogP contribution in [0.5, 0.6) is 0 Å². The molecule has 6 nitrogen and oxygen atoms in total. The van der Waals surface area contributed by atoms with Gasteiger partial charge in [0.2, 0.25) is 5.91 Å². The number of carbonyl (C=O) groups is 1. The lowest BCUT2D eigenvalue weighted by Crippen LogP contribution is -2.45. The molecule has 138 valence electrons. The predicted octanol–water partition coefficient (Wildman–Crippen LogP) is 1.03. The van der Waals surface area contributed by atoms with Gasteiger partial charge in [0, 0.05) is 30.4 Å². The number of sulfone groups is 1. The topological polar surface area (TPSA) is 79.4 Å². The van der Waals surface area contributed by atoms with Crippen LogP contribution in [0.15, 0.2) is 24.4 Å². The molecule has 0 saturated carbocycles. The molecular formula is C18H27N3O3S. The Kier molecular flexibility index (Phi) is 6.06. The third-order valence-corrected chi connectivity index (χ3v) is 7.01. The van der Waals surface area contributed by atoms with Crippen molar-refractivity contribution in [3.05, 3.63) is 30.1 Å². The molecule has 1 N–H and O–H groups in total. The van der Waals surface area contributed by atoms with E-state index in [1.54, 1.807) is 6.20 Å². The molecule has 3 rings (SSSR count). The van der Waals surface area contributed by atoms with Gasteiger partial charge < -0.3 is 5.32 Å². The number of hydrogen-bond donors (Lipinski definition) is 1. The van der Waals surface area contributed by atoms with E-state index in [2.05, 4.69) is 15.2 Å². The third kappa shape index (κ3) is 5.25. The lowest BCUT2D eigenvalue weighted by Gasteiger charge is -2.34. The molecule has 0 radical (unpaired) electrons. The molecule has 2 aliphatic rings. The molecule has 0 unspecified atom stereocenters. The van der Waals surface area contributed by atoms with Crippen LogP contribution < -0.4 is 5.32 Å². The fraction of sp³-hybridized carbons (Fsp3) is 0.667. The van der Waals surface area contributed by atoms with E-state index >= 15 is 0 Å². The zero-order chi connectivity index (χ0) is 17.7. The Morgan fingerprint density at radius 1 is 1.24 bits per heavy atom. The summed E-state index contributed by atoms with van der Waals surface area (Å²) in [5, 5.41) is 3.04. The highest BCUT2D eigenvalue weighted by molar-refractivity contribution is 7.91. The van der Waals surface area contributed by atoms with Gasteiger partial charge in [0.25, 0.3) is 0 Å². The molecule has 2 fully saturated rings. The summed E-state index contributed by atoms with van der Waals surface area (Å²) < 4.78 is 23.2. The van der Waals surface area contributed by atoms with Crippen molar-refractivity contribution in [2.24, 2.45) is 5.92 Å². The zero-order valence-electron chi connectivity index (χ0n) is 14.6. The smallest absolute Gasteiger partial charge is 0.223 e. The highest BCUT2D eigenvalue weighted by Crippen LogP contribution is 2.24. The Balaban J connectivity index is 1.34. The molecule has 0 aromatic carbocycles. The molecule has 1 aromatic heterocycles. The number of nitrogens with one attached hydrogen (secondary N) is 1. The van der Waals surface area contributed by atoms with Crippen LogP contribution >= 0.6 is 0 Å². The summed E-state index contributed by atoms with van der Waals surface area (Å²) in [7, 11) is -2.84. The number of likely N-dealkylation sites (tertiary alicyclic amines) is 1. The van der Waals surface area contributed by atoms with E-state index in [-0.39, 0.29) is 23.6 Å². The Morgan fingerprint density at radius 3 is 2.68 bits per heavy atom. The van der Waals surface area contributed by atoms with Gasteiger partial charge in [-0.3, -0.25) is 14.7 Å². The molecule has 2 aliphatic heterocycles. The van der Waals surface area contributed by atoms with Gasteiger partial charge >= 0.3 is 0 Å². The number of carbonyl (C=O) groups excluding carboxylic acids is 1. The van der Waals surface area contributed by atoms with Gasteiger partial charge in [0.1, 0.15) is 0 Å². The maximum atomic E-state index is 12.3. The predicted molar refractivity (Wildman–Crippen MR) is 96.9 cm³/mol. The Hall–Kier alpha value is -1.47. The maximum Gasteiger partial charge on any atom is 0.223 e. The molecule has 1 aromatic rings. The summed E-state index contributed by atoms with van der Waals surface area (Å²) in [4.78, 5) is 18.8. The largest absolute Gasteiger partial charge is 0.356 e. The van der Waals surface area contributed by atoms with Crippen molar-refractivity contribution >= 4 is 15.7 Å². The number of hydrogen-bond acceptors (Lipinski definition) is 5. The lowest BCUT2D eigenvalue weighted by molar-refractivity contribution is -0.126. The van der Waals surface area contributed by atoms with Gasteiger partial charge in [-0.2, -0.15) is 0 Å². The zero-order valence-corrected chi connectivity index (χ0v) is 15.4. The van der Waals surface area contributed by atoms with E-state index in [0.29, 0.717) is 12.3 Å². The van der Waals surface area contributed by atoms with Crippen LogP contribution in [0.2, 0.25) is 0 Å². The van der Waals surface area contributed by atoms with Gasteiger partial charge in [-0.15, -0.1) is 0 Å². The van der Waals surface area contributed by atoms with Crippen molar-refractivity contribution in [2.45, 2.75) is 38.1 Å². The minimum Gasteiger partial charge on any atom is -0.356 e.